The van der Waals surface area contributed by atoms with Crippen molar-refractivity contribution in [3.8, 4) is 5.75 Å². The predicted molar refractivity (Wildman–Crippen MR) is 60.4 cm³/mol. The van der Waals surface area contributed by atoms with Gasteiger partial charge in [-0.2, -0.15) is 4.98 Å². The quantitative estimate of drug-likeness (QED) is 0.876. The van der Waals surface area contributed by atoms with Gasteiger partial charge in [0, 0.05) is 6.92 Å². The van der Waals surface area contributed by atoms with Crippen LogP contribution in [-0.2, 0) is 6.61 Å². The molecule has 0 fully saturated rings. The van der Waals surface area contributed by atoms with Gasteiger partial charge in [-0.25, -0.2) is 0 Å². The molecule has 5 heteroatoms. The second-order valence-electron chi connectivity index (χ2n) is 3.76. The summed E-state index contributed by atoms with van der Waals surface area (Å²) < 4.78 is 10.3. The summed E-state index contributed by atoms with van der Waals surface area (Å²) in [6, 6.07) is 7.24. The van der Waals surface area contributed by atoms with Crippen LogP contribution in [0.3, 0.4) is 0 Å². The van der Waals surface area contributed by atoms with Crippen LogP contribution >= 0.6 is 0 Å². The molecule has 0 amide bonds. The molecule has 1 heterocycles. The first kappa shape index (κ1) is 11.6. The predicted octanol–water partition coefficient (Wildman–Crippen LogP) is 2.01. The van der Waals surface area contributed by atoms with Crippen LogP contribution in [0.5, 0.6) is 5.75 Å². The van der Waals surface area contributed by atoms with E-state index in [1.54, 1.807) is 26.0 Å². The molecule has 90 valence electrons. The van der Waals surface area contributed by atoms with Crippen LogP contribution in [0.15, 0.2) is 28.8 Å². The van der Waals surface area contributed by atoms with Crippen molar-refractivity contribution in [1.29, 1.82) is 0 Å². The highest BCUT2D eigenvalue weighted by molar-refractivity contribution is 5.28. The van der Waals surface area contributed by atoms with Crippen LogP contribution in [0, 0.1) is 6.92 Å². The SMILES string of the molecule is Cc1nc(COc2ccc([C@H](C)O)cc2)no1. The third-order valence-electron chi connectivity index (χ3n) is 2.30. The summed E-state index contributed by atoms with van der Waals surface area (Å²) in [7, 11) is 0. The molecule has 1 aromatic carbocycles. The van der Waals surface area contributed by atoms with Gasteiger partial charge in [-0.1, -0.05) is 17.3 Å². The molecule has 0 saturated carbocycles. The Balaban J connectivity index is 1.95. The van der Waals surface area contributed by atoms with Gasteiger partial charge >= 0.3 is 0 Å². The Kier molecular flexibility index (Phi) is 3.39. The highest BCUT2D eigenvalue weighted by Crippen LogP contribution is 2.17. The fourth-order valence-electron chi connectivity index (χ4n) is 1.39. The summed E-state index contributed by atoms with van der Waals surface area (Å²) in [4.78, 5) is 4.03. The first-order chi connectivity index (χ1) is 8.15. The number of aliphatic hydroxyl groups excluding tert-OH is 1. The van der Waals surface area contributed by atoms with Crippen molar-refractivity contribution < 1.29 is 14.4 Å². The van der Waals surface area contributed by atoms with Crippen LogP contribution < -0.4 is 4.74 Å². The zero-order chi connectivity index (χ0) is 12.3. The molecule has 1 N–H and O–H groups in total. The van der Waals surface area contributed by atoms with E-state index >= 15 is 0 Å². The lowest BCUT2D eigenvalue weighted by Crippen LogP contribution is -1.98. The molecular weight excluding hydrogens is 220 g/mol. The molecule has 2 aromatic rings. The zero-order valence-corrected chi connectivity index (χ0v) is 9.75. The first-order valence-electron chi connectivity index (χ1n) is 5.35. The number of hydrogen-bond acceptors (Lipinski definition) is 5. The normalized spacial score (nSPS) is 12.4. The van der Waals surface area contributed by atoms with Gasteiger partial charge in [-0.15, -0.1) is 0 Å². The maximum Gasteiger partial charge on any atom is 0.223 e. The van der Waals surface area contributed by atoms with Gasteiger partial charge in [0.05, 0.1) is 6.10 Å². The molecule has 5 nitrogen and oxygen atoms in total. The molecule has 1 aromatic heterocycles. The summed E-state index contributed by atoms with van der Waals surface area (Å²) in [5, 5.41) is 13.1. The summed E-state index contributed by atoms with van der Waals surface area (Å²) >= 11 is 0. The molecule has 0 bridgehead atoms. The third kappa shape index (κ3) is 3.04. The van der Waals surface area contributed by atoms with Gasteiger partial charge in [0.25, 0.3) is 0 Å². The number of ether oxygens (including phenoxy) is 1. The second-order valence-corrected chi connectivity index (χ2v) is 3.76. The summed E-state index contributed by atoms with van der Waals surface area (Å²) in [5.74, 6) is 1.74. The number of aliphatic hydroxyl groups is 1. The van der Waals surface area contributed by atoms with Crippen LogP contribution in [0.25, 0.3) is 0 Å². The monoisotopic (exact) mass is 234 g/mol. The maximum atomic E-state index is 9.35. The molecule has 2 rings (SSSR count). The molecule has 0 aliphatic carbocycles. The number of rotatable bonds is 4. The molecule has 1 atom stereocenters. The molecule has 0 unspecified atom stereocenters. The van der Waals surface area contributed by atoms with E-state index in [1.165, 1.54) is 0 Å². The van der Waals surface area contributed by atoms with Crippen molar-refractivity contribution in [2.75, 3.05) is 0 Å². The lowest BCUT2D eigenvalue weighted by Gasteiger charge is -2.06. The van der Waals surface area contributed by atoms with E-state index in [1.807, 2.05) is 12.1 Å². The van der Waals surface area contributed by atoms with Gasteiger partial charge < -0.3 is 14.4 Å². The van der Waals surface area contributed by atoms with E-state index in [0.29, 0.717) is 17.5 Å². The lowest BCUT2D eigenvalue weighted by molar-refractivity contribution is 0.199. The molecule has 0 aliphatic heterocycles. The average molecular weight is 234 g/mol. The fraction of sp³-hybridized carbons (Fsp3) is 0.333. The molecular formula is C12H14N2O3. The minimum absolute atomic E-state index is 0.269. The van der Waals surface area contributed by atoms with Crippen molar-refractivity contribution in [2.45, 2.75) is 26.6 Å². The van der Waals surface area contributed by atoms with Gasteiger partial charge in [-0.05, 0) is 24.6 Å². The van der Waals surface area contributed by atoms with Crippen molar-refractivity contribution in [3.05, 3.63) is 41.5 Å². The van der Waals surface area contributed by atoms with Crippen LogP contribution in [-0.4, -0.2) is 15.2 Å². The van der Waals surface area contributed by atoms with Crippen molar-refractivity contribution in [1.82, 2.24) is 10.1 Å². The molecule has 0 aliphatic rings. The molecule has 0 spiro atoms. The highest BCUT2D eigenvalue weighted by atomic mass is 16.5. The third-order valence-corrected chi connectivity index (χ3v) is 2.30. The molecule has 17 heavy (non-hydrogen) atoms. The Morgan fingerprint density at radius 2 is 2.06 bits per heavy atom. The topological polar surface area (TPSA) is 68.4 Å². The maximum absolute atomic E-state index is 9.35. The summed E-state index contributed by atoms with van der Waals surface area (Å²) in [5.41, 5.74) is 0.854. The first-order valence-corrected chi connectivity index (χ1v) is 5.35. The smallest absolute Gasteiger partial charge is 0.223 e. The Bertz CT molecular complexity index is 477. The van der Waals surface area contributed by atoms with Gasteiger partial charge in [0.15, 0.2) is 6.61 Å². The highest BCUT2D eigenvalue weighted by Gasteiger charge is 2.04. The van der Waals surface area contributed by atoms with E-state index in [0.717, 1.165) is 5.56 Å². The van der Waals surface area contributed by atoms with Crippen molar-refractivity contribution in [3.63, 3.8) is 0 Å². The number of benzene rings is 1. The van der Waals surface area contributed by atoms with Crippen molar-refractivity contribution in [2.24, 2.45) is 0 Å². The Morgan fingerprint density at radius 1 is 1.35 bits per heavy atom. The lowest BCUT2D eigenvalue weighted by atomic mass is 10.1. The summed E-state index contributed by atoms with van der Waals surface area (Å²) in [6.45, 7) is 3.72. The van der Waals surface area contributed by atoms with Gasteiger partial charge in [0.1, 0.15) is 5.75 Å². The number of hydrogen-bond donors (Lipinski definition) is 1. The number of aromatic nitrogens is 2. The van der Waals surface area contributed by atoms with E-state index in [4.69, 9.17) is 9.26 Å². The Labute approximate surface area is 99.0 Å². The zero-order valence-electron chi connectivity index (χ0n) is 9.75. The van der Waals surface area contributed by atoms with E-state index in [-0.39, 0.29) is 6.61 Å². The van der Waals surface area contributed by atoms with E-state index in [9.17, 15) is 5.11 Å². The largest absolute Gasteiger partial charge is 0.485 e. The summed E-state index contributed by atoms with van der Waals surface area (Å²) in [6.07, 6.45) is -0.469. The van der Waals surface area contributed by atoms with E-state index in [2.05, 4.69) is 10.1 Å². The Morgan fingerprint density at radius 3 is 2.59 bits per heavy atom. The Hall–Kier alpha value is -1.88. The average Bonchev–Trinajstić information content (AvgIpc) is 2.73. The van der Waals surface area contributed by atoms with Gasteiger partial charge in [-0.3, -0.25) is 0 Å². The second kappa shape index (κ2) is 4.97. The number of nitrogens with zero attached hydrogens (tertiary/aromatic N) is 2. The van der Waals surface area contributed by atoms with E-state index < -0.39 is 6.10 Å². The van der Waals surface area contributed by atoms with Gasteiger partial charge in [0.2, 0.25) is 11.7 Å². The standard InChI is InChI=1S/C12H14N2O3/c1-8(15)10-3-5-11(6-4-10)16-7-12-13-9(2)17-14-12/h3-6,8,15H,7H2,1-2H3/t8-/m0/s1. The fourth-order valence-corrected chi connectivity index (χ4v) is 1.39. The van der Waals surface area contributed by atoms with Crippen LogP contribution in [0.1, 0.15) is 30.3 Å². The molecule has 0 radical (unpaired) electrons. The minimum atomic E-state index is -0.469. The molecule has 0 saturated heterocycles. The number of aryl methyl sites for hydroxylation is 1. The van der Waals surface area contributed by atoms with Crippen LogP contribution in [0.4, 0.5) is 0 Å². The van der Waals surface area contributed by atoms with Crippen LogP contribution in [0.2, 0.25) is 0 Å². The van der Waals surface area contributed by atoms with Crippen molar-refractivity contribution >= 4 is 0 Å². The minimum Gasteiger partial charge on any atom is -0.485 e.